The summed E-state index contributed by atoms with van der Waals surface area (Å²) < 4.78 is 23.7. The van der Waals surface area contributed by atoms with Crippen LogP contribution in [0.15, 0.2) is 30.5 Å². The van der Waals surface area contributed by atoms with Crippen molar-refractivity contribution >= 4 is 11.7 Å². The van der Waals surface area contributed by atoms with E-state index in [0.717, 1.165) is 11.4 Å². The van der Waals surface area contributed by atoms with Gasteiger partial charge in [0.1, 0.15) is 29.7 Å². The molecule has 0 bridgehead atoms. The van der Waals surface area contributed by atoms with Crippen molar-refractivity contribution in [2.24, 2.45) is 0 Å². The van der Waals surface area contributed by atoms with Crippen molar-refractivity contribution in [3.63, 3.8) is 0 Å². The predicted octanol–water partition coefficient (Wildman–Crippen LogP) is 0.962. The van der Waals surface area contributed by atoms with Crippen LogP contribution in [-0.4, -0.2) is 66.7 Å². The Balaban J connectivity index is 1.34. The number of rotatable bonds is 6. The highest BCUT2D eigenvalue weighted by Crippen LogP contribution is 2.34. The fourth-order valence-corrected chi connectivity index (χ4v) is 3.53. The van der Waals surface area contributed by atoms with Crippen LogP contribution < -0.4 is 15.4 Å². The molecule has 0 saturated carbocycles. The van der Waals surface area contributed by atoms with Crippen molar-refractivity contribution in [2.75, 3.05) is 32.8 Å². The number of carbonyl (C=O) groups is 1. The molecule has 1 aromatic heterocycles. The monoisotopic (exact) mass is 389 g/mol. The van der Waals surface area contributed by atoms with Crippen molar-refractivity contribution < 1.29 is 23.7 Å². The van der Waals surface area contributed by atoms with Gasteiger partial charge in [-0.1, -0.05) is 5.21 Å². The molecule has 0 radical (unpaired) electrons. The Morgan fingerprint density at radius 3 is 2.75 bits per heavy atom. The van der Waals surface area contributed by atoms with Crippen LogP contribution in [0, 0.1) is 0 Å². The van der Waals surface area contributed by atoms with E-state index in [1.54, 1.807) is 43.2 Å². The van der Waals surface area contributed by atoms with Gasteiger partial charge in [0.25, 0.3) is 0 Å². The second kappa shape index (κ2) is 8.13. The zero-order chi connectivity index (χ0) is 19.5. The van der Waals surface area contributed by atoms with Crippen molar-refractivity contribution in [3.05, 3.63) is 36.2 Å². The maximum atomic E-state index is 12.3. The fraction of sp³-hybridized carbons (Fsp3) is 0.500. The molecule has 28 heavy (non-hydrogen) atoms. The van der Waals surface area contributed by atoms with Gasteiger partial charge in [0.15, 0.2) is 0 Å². The predicted molar refractivity (Wildman–Crippen MR) is 98.2 cm³/mol. The number of urea groups is 1. The summed E-state index contributed by atoms with van der Waals surface area (Å²) in [4.78, 5) is 12.3. The SMILES string of the molecule is COCc1cn([C@H]2CO[C@H]3[C@@H]2OC[C@@H]3NC(=O)Nc2ccc(OC)cc2)nn1. The number of hydrogen-bond donors (Lipinski definition) is 2. The van der Waals surface area contributed by atoms with Crippen molar-refractivity contribution in [2.45, 2.75) is 30.9 Å². The van der Waals surface area contributed by atoms with E-state index in [-0.39, 0.29) is 30.3 Å². The Kier molecular flexibility index (Phi) is 5.42. The third-order valence-corrected chi connectivity index (χ3v) is 4.88. The van der Waals surface area contributed by atoms with Crippen molar-refractivity contribution in [1.29, 1.82) is 0 Å². The number of fused-ring (bicyclic) bond motifs is 1. The van der Waals surface area contributed by atoms with E-state index in [1.807, 2.05) is 6.20 Å². The minimum Gasteiger partial charge on any atom is -0.497 e. The smallest absolute Gasteiger partial charge is 0.319 e. The molecule has 150 valence electrons. The number of carbonyl (C=O) groups excluding carboxylic acids is 1. The maximum absolute atomic E-state index is 12.3. The van der Waals surface area contributed by atoms with Crippen LogP contribution in [0.5, 0.6) is 5.75 Å². The number of nitrogens with one attached hydrogen (secondary N) is 2. The zero-order valence-corrected chi connectivity index (χ0v) is 15.7. The number of hydrogen-bond acceptors (Lipinski definition) is 7. The van der Waals surface area contributed by atoms with Gasteiger partial charge in [-0.25, -0.2) is 9.48 Å². The zero-order valence-electron chi connectivity index (χ0n) is 15.7. The Bertz CT molecular complexity index is 811. The molecule has 3 heterocycles. The molecule has 2 saturated heterocycles. The molecule has 2 N–H and O–H groups in total. The fourth-order valence-electron chi connectivity index (χ4n) is 3.53. The molecule has 10 nitrogen and oxygen atoms in total. The third-order valence-electron chi connectivity index (χ3n) is 4.88. The number of methoxy groups -OCH3 is 2. The first-order valence-corrected chi connectivity index (χ1v) is 9.02. The first-order chi connectivity index (χ1) is 13.7. The van der Waals surface area contributed by atoms with Gasteiger partial charge >= 0.3 is 6.03 Å². The number of benzene rings is 1. The highest BCUT2D eigenvalue weighted by atomic mass is 16.6. The highest BCUT2D eigenvalue weighted by Gasteiger charge is 2.49. The van der Waals surface area contributed by atoms with E-state index in [2.05, 4.69) is 20.9 Å². The lowest BCUT2D eigenvalue weighted by Crippen LogP contribution is -2.45. The van der Waals surface area contributed by atoms with Gasteiger partial charge < -0.3 is 29.6 Å². The molecule has 1 aromatic carbocycles. The molecule has 2 aliphatic rings. The van der Waals surface area contributed by atoms with E-state index in [1.165, 1.54) is 0 Å². The van der Waals surface area contributed by atoms with Crippen LogP contribution in [0.25, 0.3) is 0 Å². The van der Waals surface area contributed by atoms with E-state index in [9.17, 15) is 4.79 Å². The molecule has 4 atom stereocenters. The number of anilines is 1. The normalized spacial score (nSPS) is 26.1. The van der Waals surface area contributed by atoms with Gasteiger partial charge in [-0.05, 0) is 24.3 Å². The van der Waals surface area contributed by atoms with Gasteiger partial charge in [0.05, 0.1) is 39.2 Å². The summed E-state index contributed by atoms with van der Waals surface area (Å²) in [5.74, 6) is 0.727. The van der Waals surface area contributed by atoms with Gasteiger partial charge in [-0.15, -0.1) is 5.10 Å². The summed E-state index contributed by atoms with van der Waals surface area (Å²) in [6.07, 6.45) is 1.41. The van der Waals surface area contributed by atoms with Crippen molar-refractivity contribution in [1.82, 2.24) is 20.3 Å². The molecule has 0 unspecified atom stereocenters. The molecule has 0 aliphatic carbocycles. The number of ether oxygens (including phenoxy) is 4. The summed E-state index contributed by atoms with van der Waals surface area (Å²) in [5.41, 5.74) is 1.42. The van der Waals surface area contributed by atoms with Gasteiger partial charge in [-0.2, -0.15) is 0 Å². The molecule has 0 spiro atoms. The first kappa shape index (κ1) is 18.7. The van der Waals surface area contributed by atoms with Gasteiger partial charge in [0, 0.05) is 12.8 Å². The molecule has 2 aromatic rings. The summed E-state index contributed by atoms with van der Waals surface area (Å²) in [7, 11) is 3.21. The average Bonchev–Trinajstić information content (AvgIpc) is 3.40. The van der Waals surface area contributed by atoms with E-state index in [0.29, 0.717) is 25.5 Å². The van der Waals surface area contributed by atoms with Crippen LogP contribution in [0.4, 0.5) is 10.5 Å². The maximum Gasteiger partial charge on any atom is 0.319 e. The standard InChI is InChI=1S/C18H23N5O5/c1-25-8-12-7-23(22-21-12)15-10-28-16-14(9-27-17(15)16)20-18(24)19-11-3-5-13(26-2)6-4-11/h3-7,14-17H,8-10H2,1-2H3,(H2,19,20,24)/t14-,15-,16+,17+/m0/s1. The van der Waals surface area contributed by atoms with Crippen LogP contribution in [0.1, 0.15) is 11.7 Å². The van der Waals surface area contributed by atoms with Crippen molar-refractivity contribution in [3.8, 4) is 5.75 Å². The third kappa shape index (κ3) is 3.79. The summed E-state index contributed by atoms with van der Waals surface area (Å²) in [6.45, 7) is 1.23. The van der Waals surface area contributed by atoms with Crippen LogP contribution in [0.3, 0.4) is 0 Å². The molecule has 2 fully saturated rings. The second-order valence-electron chi connectivity index (χ2n) is 6.72. The minimum absolute atomic E-state index is 0.0837. The lowest BCUT2D eigenvalue weighted by molar-refractivity contribution is 0.0622. The molecule has 2 aliphatic heterocycles. The molecular weight excluding hydrogens is 366 g/mol. The molecule has 2 amide bonds. The van der Waals surface area contributed by atoms with Gasteiger partial charge in [0.2, 0.25) is 0 Å². The summed E-state index contributed by atoms with van der Waals surface area (Å²) >= 11 is 0. The Labute approximate surface area is 162 Å². The second-order valence-corrected chi connectivity index (χ2v) is 6.72. The number of amides is 2. The van der Waals surface area contributed by atoms with Crippen LogP contribution >= 0.6 is 0 Å². The van der Waals surface area contributed by atoms with E-state index in [4.69, 9.17) is 18.9 Å². The Morgan fingerprint density at radius 1 is 1.21 bits per heavy atom. The Morgan fingerprint density at radius 2 is 2.00 bits per heavy atom. The Hall–Kier alpha value is -2.69. The lowest BCUT2D eigenvalue weighted by Gasteiger charge is -2.18. The number of nitrogens with zero attached hydrogens (tertiary/aromatic N) is 3. The highest BCUT2D eigenvalue weighted by molar-refractivity contribution is 5.89. The topological polar surface area (TPSA) is 109 Å². The largest absolute Gasteiger partial charge is 0.497 e. The first-order valence-electron chi connectivity index (χ1n) is 9.02. The number of aromatic nitrogens is 3. The van der Waals surface area contributed by atoms with Gasteiger partial charge in [-0.3, -0.25) is 0 Å². The molecular formula is C18H23N5O5. The molecule has 4 rings (SSSR count). The summed E-state index contributed by atoms with van der Waals surface area (Å²) in [5, 5.41) is 14.0. The average molecular weight is 389 g/mol. The lowest BCUT2D eigenvalue weighted by atomic mass is 10.1. The van der Waals surface area contributed by atoms with E-state index < -0.39 is 0 Å². The van der Waals surface area contributed by atoms with Crippen LogP contribution in [-0.2, 0) is 20.8 Å². The van der Waals surface area contributed by atoms with E-state index >= 15 is 0 Å². The minimum atomic E-state index is -0.311. The summed E-state index contributed by atoms with van der Waals surface area (Å²) in [6, 6.07) is 6.48. The molecule has 10 heteroatoms. The van der Waals surface area contributed by atoms with Crippen LogP contribution in [0.2, 0.25) is 0 Å². The quantitative estimate of drug-likeness (QED) is 0.757.